The van der Waals surface area contributed by atoms with E-state index in [1.807, 2.05) is 56.3 Å². The van der Waals surface area contributed by atoms with Gasteiger partial charge in [-0.3, -0.25) is 4.79 Å². The number of hydrogen-bond acceptors (Lipinski definition) is 7. The zero-order valence-corrected chi connectivity index (χ0v) is 23.0. The Morgan fingerprint density at radius 2 is 1.81 bits per heavy atom. The molecule has 196 valence electrons. The van der Waals surface area contributed by atoms with E-state index in [4.69, 9.17) is 14.2 Å². The zero-order valence-electron chi connectivity index (χ0n) is 22.2. The highest BCUT2D eigenvalue weighted by molar-refractivity contribution is 7.99. The summed E-state index contributed by atoms with van der Waals surface area (Å²) >= 11 is 1.73. The van der Waals surface area contributed by atoms with Crippen LogP contribution in [0.5, 0.6) is 11.5 Å². The largest absolute Gasteiger partial charge is 0.493 e. The van der Waals surface area contributed by atoms with Gasteiger partial charge in [0.05, 0.1) is 19.8 Å². The van der Waals surface area contributed by atoms with Gasteiger partial charge in [0.15, 0.2) is 17.3 Å². The first-order valence-electron chi connectivity index (χ1n) is 12.7. The Kier molecular flexibility index (Phi) is 8.64. The van der Waals surface area contributed by atoms with Gasteiger partial charge in [-0.05, 0) is 60.8 Å². The average Bonchev–Trinajstić information content (AvgIpc) is 2.90. The van der Waals surface area contributed by atoms with Crippen molar-refractivity contribution < 1.29 is 23.8 Å². The highest BCUT2D eigenvalue weighted by Crippen LogP contribution is 2.47. The number of aryl methyl sites for hydroxylation is 1. The number of allylic oxidation sites excluding steroid dienone is 3. The third kappa shape index (κ3) is 5.57. The molecule has 0 spiro atoms. The number of ketones is 1. The number of carbonyl (C=O) groups is 2. The van der Waals surface area contributed by atoms with Crippen molar-refractivity contribution in [2.75, 3.05) is 32.3 Å². The molecule has 6 nitrogen and oxygen atoms in total. The number of rotatable bonds is 9. The number of hydrogen-bond donors (Lipinski definition) is 1. The fourth-order valence-electron chi connectivity index (χ4n) is 5.29. The Morgan fingerprint density at radius 3 is 2.51 bits per heavy atom. The fourth-order valence-corrected chi connectivity index (χ4v) is 5.78. The summed E-state index contributed by atoms with van der Waals surface area (Å²) in [6.07, 6.45) is 1.01. The summed E-state index contributed by atoms with van der Waals surface area (Å²) in [5.74, 6) is 2.23. The molecule has 2 aliphatic rings. The average molecular weight is 522 g/mol. The molecule has 0 radical (unpaired) electrons. The molecule has 1 aliphatic carbocycles. The molecule has 1 aliphatic heterocycles. The monoisotopic (exact) mass is 521 g/mol. The lowest BCUT2D eigenvalue weighted by Gasteiger charge is -2.37. The maximum atomic E-state index is 13.8. The fraction of sp³-hybridized carbons (Fsp3) is 0.400. The van der Waals surface area contributed by atoms with E-state index in [1.165, 1.54) is 0 Å². The molecule has 1 N–H and O–H groups in total. The minimum atomic E-state index is -0.456. The Hall–Kier alpha value is -3.19. The van der Waals surface area contributed by atoms with Crippen LogP contribution in [0.15, 0.2) is 65.0 Å². The van der Waals surface area contributed by atoms with Gasteiger partial charge in [-0.25, -0.2) is 4.79 Å². The van der Waals surface area contributed by atoms with Gasteiger partial charge in [0.2, 0.25) is 0 Å². The molecule has 0 saturated carbocycles. The van der Waals surface area contributed by atoms with Gasteiger partial charge in [-0.15, -0.1) is 0 Å². The molecule has 7 heteroatoms. The van der Waals surface area contributed by atoms with E-state index in [0.717, 1.165) is 39.6 Å². The minimum Gasteiger partial charge on any atom is -0.493 e. The molecule has 0 amide bonds. The van der Waals surface area contributed by atoms with Crippen molar-refractivity contribution in [2.24, 2.45) is 0 Å². The quantitative estimate of drug-likeness (QED) is 0.337. The predicted molar refractivity (Wildman–Crippen MR) is 147 cm³/mol. The predicted octanol–water partition coefficient (Wildman–Crippen LogP) is 5.67. The molecule has 2 aromatic rings. The maximum absolute atomic E-state index is 13.8. The van der Waals surface area contributed by atoms with Gasteiger partial charge in [-0.1, -0.05) is 37.3 Å². The van der Waals surface area contributed by atoms with Crippen molar-refractivity contribution >= 4 is 23.5 Å². The Labute approximate surface area is 223 Å². The zero-order chi connectivity index (χ0) is 26.5. The topological polar surface area (TPSA) is 73.9 Å². The molecule has 0 unspecified atom stereocenters. The smallest absolute Gasteiger partial charge is 0.336 e. The molecule has 0 fully saturated rings. The van der Waals surface area contributed by atoms with Crippen LogP contribution in [-0.2, 0) is 14.3 Å². The SMILES string of the molecule is CCSCCOC(=O)C1=C(C)NC2=C(C(=O)C[C@@H](c3ccc(OC)c(OC)c3)C2)[C@@H]1c1ccccc1C. The van der Waals surface area contributed by atoms with Gasteiger partial charge in [0.25, 0.3) is 0 Å². The Balaban J connectivity index is 1.72. The number of Topliss-reactive ketones (excluding diaryl/α,β-unsaturated/α-hetero) is 1. The molecule has 0 saturated heterocycles. The highest BCUT2D eigenvalue weighted by atomic mass is 32.2. The Morgan fingerprint density at radius 1 is 1.05 bits per heavy atom. The number of benzene rings is 2. The van der Waals surface area contributed by atoms with Crippen LogP contribution in [0.1, 0.15) is 55.2 Å². The van der Waals surface area contributed by atoms with E-state index in [-0.39, 0.29) is 17.7 Å². The molecule has 37 heavy (non-hydrogen) atoms. The number of dihydropyridines is 1. The summed E-state index contributed by atoms with van der Waals surface area (Å²) in [5.41, 5.74) is 5.83. The second-order valence-corrected chi connectivity index (χ2v) is 10.7. The lowest BCUT2D eigenvalue weighted by molar-refractivity contribution is -0.138. The van der Waals surface area contributed by atoms with Crippen LogP contribution in [0.25, 0.3) is 0 Å². The van der Waals surface area contributed by atoms with E-state index in [0.29, 0.717) is 42.1 Å². The van der Waals surface area contributed by atoms with Gasteiger partial charge >= 0.3 is 5.97 Å². The summed E-state index contributed by atoms with van der Waals surface area (Å²) in [5, 5.41) is 3.43. The Bertz CT molecular complexity index is 1250. The molecule has 2 aromatic carbocycles. The number of thioether (sulfide) groups is 1. The molecule has 4 rings (SSSR count). The number of nitrogens with one attached hydrogen (secondary N) is 1. The molecular formula is C30H35NO5S. The van der Waals surface area contributed by atoms with Crippen molar-refractivity contribution in [1.29, 1.82) is 0 Å². The second-order valence-electron chi connectivity index (χ2n) is 9.32. The third-order valence-corrected chi connectivity index (χ3v) is 7.95. The van der Waals surface area contributed by atoms with Gasteiger partial charge < -0.3 is 19.5 Å². The van der Waals surface area contributed by atoms with E-state index in [2.05, 4.69) is 12.2 Å². The maximum Gasteiger partial charge on any atom is 0.336 e. The highest BCUT2D eigenvalue weighted by Gasteiger charge is 2.42. The summed E-state index contributed by atoms with van der Waals surface area (Å²) < 4.78 is 16.6. The van der Waals surface area contributed by atoms with Crippen LogP contribution in [0.4, 0.5) is 0 Å². The number of esters is 1. The van der Waals surface area contributed by atoms with Gasteiger partial charge in [0, 0.05) is 35.1 Å². The van der Waals surface area contributed by atoms with Crippen LogP contribution >= 0.6 is 11.8 Å². The summed E-state index contributed by atoms with van der Waals surface area (Å²) in [6, 6.07) is 13.8. The van der Waals surface area contributed by atoms with Crippen LogP contribution in [0.3, 0.4) is 0 Å². The minimum absolute atomic E-state index is 0.0107. The number of ether oxygens (including phenoxy) is 3. The standard InChI is InChI=1S/C30H35NO5S/c1-6-37-14-13-36-30(33)27-19(3)31-23-15-21(20-11-12-25(34-4)26(17-20)35-5)16-24(32)29(23)28(27)22-10-8-7-9-18(22)2/h7-12,17,21,28,31H,6,13-16H2,1-5H3/t21-,28+/m0/s1. The van der Waals surface area contributed by atoms with Crippen LogP contribution in [0.2, 0.25) is 0 Å². The first-order valence-corrected chi connectivity index (χ1v) is 13.8. The van der Waals surface area contributed by atoms with E-state index >= 15 is 0 Å². The van der Waals surface area contributed by atoms with E-state index < -0.39 is 5.92 Å². The van der Waals surface area contributed by atoms with Gasteiger partial charge in [0.1, 0.15) is 6.61 Å². The van der Waals surface area contributed by atoms with E-state index in [9.17, 15) is 9.59 Å². The molecule has 0 aromatic heterocycles. The molecular weight excluding hydrogens is 486 g/mol. The van der Waals surface area contributed by atoms with E-state index in [1.54, 1.807) is 26.0 Å². The summed E-state index contributed by atoms with van der Waals surface area (Å²) in [4.78, 5) is 27.2. The van der Waals surface area contributed by atoms with Gasteiger partial charge in [-0.2, -0.15) is 11.8 Å². The van der Waals surface area contributed by atoms with Crippen molar-refractivity contribution in [2.45, 2.75) is 45.4 Å². The molecule has 2 atom stereocenters. The number of methoxy groups -OCH3 is 2. The lowest BCUT2D eigenvalue weighted by Crippen LogP contribution is -2.36. The molecule has 1 heterocycles. The third-order valence-electron chi connectivity index (χ3n) is 7.09. The van der Waals surface area contributed by atoms with Crippen molar-refractivity contribution in [3.63, 3.8) is 0 Å². The van der Waals surface area contributed by atoms with Crippen molar-refractivity contribution in [3.8, 4) is 11.5 Å². The normalized spacial score (nSPS) is 19.3. The summed E-state index contributed by atoms with van der Waals surface area (Å²) in [7, 11) is 3.22. The number of carbonyl (C=O) groups excluding carboxylic acids is 2. The second kappa shape index (κ2) is 11.9. The first kappa shape index (κ1) is 26.9. The first-order chi connectivity index (χ1) is 17.9. The van der Waals surface area contributed by atoms with Crippen LogP contribution < -0.4 is 14.8 Å². The van der Waals surface area contributed by atoms with Crippen LogP contribution in [0, 0.1) is 6.92 Å². The van der Waals surface area contributed by atoms with Crippen LogP contribution in [-0.4, -0.2) is 44.1 Å². The molecule has 0 bridgehead atoms. The van der Waals surface area contributed by atoms with Crippen molar-refractivity contribution in [1.82, 2.24) is 5.32 Å². The lowest BCUT2D eigenvalue weighted by atomic mass is 9.71. The van der Waals surface area contributed by atoms with Crippen molar-refractivity contribution in [3.05, 3.63) is 81.7 Å². The summed E-state index contributed by atoms with van der Waals surface area (Å²) in [6.45, 7) is 6.34.